The quantitative estimate of drug-likeness (QED) is 0.719. The Hall–Kier alpha value is -1.60. The predicted molar refractivity (Wildman–Crippen MR) is 106 cm³/mol. The van der Waals surface area contributed by atoms with Crippen molar-refractivity contribution in [3.63, 3.8) is 0 Å². The molecule has 0 spiro atoms. The molecule has 0 aromatic heterocycles. The van der Waals surface area contributed by atoms with Crippen molar-refractivity contribution in [3.05, 3.63) is 71.3 Å². The molecule has 25 heavy (non-hydrogen) atoms. The first-order valence-corrected chi connectivity index (χ1v) is 10.2. The molecular weight excluding hydrogens is 302 g/mol. The van der Waals surface area contributed by atoms with E-state index in [0.717, 1.165) is 11.8 Å². The number of fused-ring (bicyclic) bond motifs is 1. The Labute approximate surface area is 153 Å². The van der Waals surface area contributed by atoms with E-state index in [-0.39, 0.29) is 0 Å². The van der Waals surface area contributed by atoms with Gasteiger partial charge in [-0.05, 0) is 86.6 Å². The SMILES string of the molecule is c1ccc(CCN2CCC[C@@H](C3CCCc4ccccc43)CC2)cc1. The second-order valence-electron chi connectivity index (χ2n) is 7.97. The molecule has 0 amide bonds. The molecule has 1 aliphatic heterocycles. The third-order valence-electron chi connectivity index (χ3n) is 6.41. The van der Waals surface area contributed by atoms with Gasteiger partial charge in [-0.15, -0.1) is 0 Å². The summed E-state index contributed by atoms with van der Waals surface area (Å²) in [6.45, 7) is 3.80. The van der Waals surface area contributed by atoms with E-state index in [2.05, 4.69) is 59.5 Å². The number of benzene rings is 2. The maximum absolute atomic E-state index is 2.71. The smallest absolute Gasteiger partial charge is 0.00218 e. The lowest BCUT2D eigenvalue weighted by Gasteiger charge is -2.32. The number of hydrogen-bond acceptors (Lipinski definition) is 1. The molecule has 2 aliphatic rings. The molecular formula is C24H31N. The first-order chi connectivity index (χ1) is 12.4. The first-order valence-electron chi connectivity index (χ1n) is 10.2. The molecule has 2 aromatic carbocycles. The molecule has 0 saturated carbocycles. The number of likely N-dealkylation sites (tertiary alicyclic amines) is 1. The zero-order valence-electron chi connectivity index (χ0n) is 15.4. The summed E-state index contributed by atoms with van der Waals surface area (Å²) >= 11 is 0. The van der Waals surface area contributed by atoms with Gasteiger partial charge in [0.2, 0.25) is 0 Å². The van der Waals surface area contributed by atoms with E-state index in [1.54, 1.807) is 11.1 Å². The van der Waals surface area contributed by atoms with E-state index < -0.39 is 0 Å². The zero-order chi connectivity index (χ0) is 16.9. The van der Waals surface area contributed by atoms with Crippen LogP contribution < -0.4 is 0 Å². The van der Waals surface area contributed by atoms with Crippen LogP contribution in [0.15, 0.2) is 54.6 Å². The van der Waals surface area contributed by atoms with Gasteiger partial charge in [-0.2, -0.15) is 0 Å². The van der Waals surface area contributed by atoms with Crippen molar-refractivity contribution in [2.45, 2.75) is 50.9 Å². The average Bonchev–Trinajstić information content (AvgIpc) is 2.92. The topological polar surface area (TPSA) is 3.24 Å². The summed E-state index contributed by atoms with van der Waals surface area (Å²) in [7, 11) is 0. The van der Waals surface area contributed by atoms with Gasteiger partial charge in [-0.1, -0.05) is 54.6 Å². The summed E-state index contributed by atoms with van der Waals surface area (Å²) in [5.41, 5.74) is 4.78. The van der Waals surface area contributed by atoms with Gasteiger partial charge in [0, 0.05) is 6.54 Å². The van der Waals surface area contributed by atoms with Crippen LogP contribution in [0.3, 0.4) is 0 Å². The monoisotopic (exact) mass is 333 g/mol. The third kappa shape index (κ3) is 4.15. The summed E-state index contributed by atoms with van der Waals surface area (Å²) in [5.74, 6) is 1.71. The van der Waals surface area contributed by atoms with Crippen LogP contribution in [0.5, 0.6) is 0 Å². The molecule has 4 rings (SSSR count). The van der Waals surface area contributed by atoms with E-state index in [4.69, 9.17) is 0 Å². The van der Waals surface area contributed by atoms with Gasteiger partial charge in [-0.3, -0.25) is 0 Å². The molecule has 1 unspecified atom stereocenters. The fraction of sp³-hybridized carbons (Fsp3) is 0.500. The van der Waals surface area contributed by atoms with Crippen molar-refractivity contribution in [1.29, 1.82) is 0 Å². The molecule has 2 aromatic rings. The van der Waals surface area contributed by atoms with Gasteiger partial charge in [0.15, 0.2) is 0 Å². The van der Waals surface area contributed by atoms with Crippen molar-refractivity contribution < 1.29 is 0 Å². The van der Waals surface area contributed by atoms with E-state index in [1.807, 2.05) is 0 Å². The van der Waals surface area contributed by atoms with E-state index in [0.29, 0.717) is 0 Å². The predicted octanol–water partition coefficient (Wildman–Crippen LogP) is 5.45. The molecule has 0 radical (unpaired) electrons. The van der Waals surface area contributed by atoms with Crippen LogP contribution >= 0.6 is 0 Å². The van der Waals surface area contributed by atoms with Gasteiger partial charge in [-0.25, -0.2) is 0 Å². The summed E-state index contributed by atoms with van der Waals surface area (Å²) in [6, 6.07) is 20.2. The molecule has 1 heterocycles. The van der Waals surface area contributed by atoms with Gasteiger partial charge < -0.3 is 4.90 Å². The van der Waals surface area contributed by atoms with E-state index in [9.17, 15) is 0 Å². The van der Waals surface area contributed by atoms with Crippen LogP contribution in [0.4, 0.5) is 0 Å². The van der Waals surface area contributed by atoms with Crippen LogP contribution in [0.1, 0.15) is 54.7 Å². The van der Waals surface area contributed by atoms with Crippen LogP contribution in [0.2, 0.25) is 0 Å². The minimum Gasteiger partial charge on any atom is -0.303 e. The molecule has 1 saturated heterocycles. The number of rotatable bonds is 4. The molecule has 1 heteroatoms. The van der Waals surface area contributed by atoms with Crippen LogP contribution in [0.25, 0.3) is 0 Å². The summed E-state index contributed by atoms with van der Waals surface area (Å²) in [6.07, 6.45) is 9.45. The van der Waals surface area contributed by atoms with Crippen LogP contribution in [-0.4, -0.2) is 24.5 Å². The van der Waals surface area contributed by atoms with Crippen LogP contribution in [-0.2, 0) is 12.8 Å². The van der Waals surface area contributed by atoms with Crippen LogP contribution in [0, 0.1) is 5.92 Å². The van der Waals surface area contributed by atoms with Crippen molar-refractivity contribution in [3.8, 4) is 0 Å². The fourth-order valence-electron chi connectivity index (χ4n) is 5.02. The largest absolute Gasteiger partial charge is 0.303 e. The number of nitrogens with zero attached hydrogens (tertiary/aromatic N) is 1. The average molecular weight is 334 g/mol. The van der Waals surface area contributed by atoms with Crippen molar-refractivity contribution in [2.24, 2.45) is 5.92 Å². The lowest BCUT2D eigenvalue weighted by atomic mass is 9.73. The van der Waals surface area contributed by atoms with E-state index in [1.165, 1.54) is 70.1 Å². The van der Waals surface area contributed by atoms with Crippen molar-refractivity contribution >= 4 is 0 Å². The highest BCUT2D eigenvalue weighted by Crippen LogP contribution is 2.41. The third-order valence-corrected chi connectivity index (χ3v) is 6.41. The minimum absolute atomic E-state index is 0.819. The molecule has 132 valence electrons. The zero-order valence-corrected chi connectivity index (χ0v) is 15.4. The highest BCUT2D eigenvalue weighted by Gasteiger charge is 2.29. The summed E-state index contributed by atoms with van der Waals surface area (Å²) < 4.78 is 0. The minimum atomic E-state index is 0.819. The second kappa shape index (κ2) is 8.19. The molecule has 0 bridgehead atoms. The standard InChI is InChI=1S/C24H31N/c1-2-8-20(9-3-1)15-18-25-17-7-12-22(16-19-25)24-14-6-11-21-10-4-5-13-23(21)24/h1-5,8-10,13,22,24H,6-7,11-12,14-19H2/t22-,24?/m1/s1. The summed E-state index contributed by atoms with van der Waals surface area (Å²) in [4.78, 5) is 2.71. The number of hydrogen-bond donors (Lipinski definition) is 0. The summed E-state index contributed by atoms with van der Waals surface area (Å²) in [5, 5.41) is 0. The highest BCUT2D eigenvalue weighted by molar-refractivity contribution is 5.33. The van der Waals surface area contributed by atoms with Gasteiger partial charge >= 0.3 is 0 Å². The van der Waals surface area contributed by atoms with Crippen molar-refractivity contribution in [2.75, 3.05) is 19.6 Å². The van der Waals surface area contributed by atoms with Crippen molar-refractivity contribution in [1.82, 2.24) is 4.90 Å². The lowest BCUT2D eigenvalue weighted by molar-refractivity contribution is 0.276. The number of aryl methyl sites for hydroxylation is 1. The molecule has 0 N–H and O–H groups in total. The van der Waals surface area contributed by atoms with Gasteiger partial charge in [0.1, 0.15) is 0 Å². The highest BCUT2D eigenvalue weighted by atomic mass is 15.1. The Kier molecular flexibility index (Phi) is 5.52. The molecule has 1 nitrogen and oxygen atoms in total. The fourth-order valence-corrected chi connectivity index (χ4v) is 5.02. The molecule has 2 atom stereocenters. The van der Waals surface area contributed by atoms with E-state index >= 15 is 0 Å². The lowest BCUT2D eigenvalue weighted by Crippen LogP contribution is -2.27. The second-order valence-corrected chi connectivity index (χ2v) is 7.97. The maximum Gasteiger partial charge on any atom is 0.00218 e. The maximum atomic E-state index is 2.71. The Balaban J connectivity index is 1.36. The van der Waals surface area contributed by atoms with Gasteiger partial charge in [0.25, 0.3) is 0 Å². The Morgan fingerprint density at radius 3 is 2.56 bits per heavy atom. The normalized spacial score (nSPS) is 24.5. The Morgan fingerprint density at radius 2 is 1.64 bits per heavy atom. The van der Waals surface area contributed by atoms with Gasteiger partial charge in [0.05, 0.1) is 0 Å². The first kappa shape index (κ1) is 16.8. The molecule has 1 aliphatic carbocycles. The Morgan fingerprint density at radius 1 is 0.800 bits per heavy atom. The molecule has 1 fully saturated rings. The Bertz CT molecular complexity index is 663.